The minimum absolute atomic E-state index is 0.0806. The number of aliphatic carboxylic acids is 2. The van der Waals surface area contributed by atoms with E-state index in [9.17, 15) is 73.8 Å². The summed E-state index contributed by atoms with van der Waals surface area (Å²) in [6, 6.07) is 19.6. The van der Waals surface area contributed by atoms with E-state index >= 15 is 0 Å². The molecule has 4 fully saturated rings. The summed E-state index contributed by atoms with van der Waals surface area (Å²) in [6.07, 6.45) is -7.18. The lowest BCUT2D eigenvalue weighted by Gasteiger charge is -2.42. The van der Waals surface area contributed by atoms with Crippen LogP contribution in [0.4, 0.5) is 106 Å². The summed E-state index contributed by atoms with van der Waals surface area (Å²) in [7, 11) is 1.54. The van der Waals surface area contributed by atoms with Gasteiger partial charge in [-0.3, -0.25) is 24.2 Å². The number of aliphatic hydroxyl groups excluding tert-OH is 4. The minimum atomic E-state index is -4.70. The van der Waals surface area contributed by atoms with Gasteiger partial charge < -0.3 is 71.3 Å². The van der Waals surface area contributed by atoms with Crippen LogP contribution in [0.2, 0.25) is 0 Å². The molecule has 4 aliphatic heterocycles. The van der Waals surface area contributed by atoms with Crippen molar-refractivity contribution in [3.8, 4) is 12.1 Å². The molecule has 4 saturated heterocycles. The van der Waals surface area contributed by atoms with Crippen LogP contribution < -0.4 is 36.4 Å². The lowest BCUT2D eigenvalue weighted by molar-refractivity contribution is -0.140. The Hall–Kier alpha value is -14.2. The van der Waals surface area contributed by atoms with Gasteiger partial charge in [-0.1, -0.05) is 30.3 Å². The van der Waals surface area contributed by atoms with Crippen LogP contribution in [0.5, 0.6) is 0 Å². The smallest absolute Gasteiger partial charge is 0.418 e. The molecule has 0 saturated carbocycles. The van der Waals surface area contributed by atoms with E-state index in [2.05, 4.69) is 67.9 Å². The maximum absolute atomic E-state index is 12.8. The average molecular weight is 1860 g/mol. The van der Waals surface area contributed by atoms with Crippen LogP contribution in [0.15, 0.2) is 91.0 Å². The molecule has 0 bridgehead atoms. The Bertz CT molecular complexity index is 5500. The number of benzene rings is 7. The summed E-state index contributed by atoms with van der Waals surface area (Å²) in [5, 5.41) is 78.1. The first kappa shape index (κ1) is 113. The molecule has 0 unspecified atom stereocenters. The standard InChI is InChI=1S/C14H14N2O3.2C13H14N2O3.C13H16N2O2.C12H14N2O3.C9H5F4N.C9H19N.C8H3F4N.C3H7NO3/c1-8-9(2)12(6-5-11(8)15-4)16-13(10(3)17)7-19-14(16)18;1-8-9(2)11(6-5-10(8)14-3)15-12(17-4)7-18-13(15)16;1-8-9(2)12(5-4-11(8)14-3)15-10(6-16)7-18-13(15)17;1-8-9(2)12(6-5-11(8)14-4)15-13(7-16)10(3)17;1-7-8(2)10(5-4-9(7)13-3)14-11(6-15)12(16)17;1-5-7(10)3-2-6(4-14)8(5)9(11,12)13;1-8(2)6-5-7-9(3,4)10-8;9-6-2-1-5(4-13)7(3-6)8(10,11)12;4-2(1-5)3(6)7/h5-6,13H,7H2,1-3H3;5-6,12H,7H2,1-2,4H3;4-5,10,16H,6-7H2,1-2H3;5-6,13,15-16H,7H2,1-3H3;4-5,11,14-15H,6H2,1-2H3,(H,16,17);2-3H,1H3;10H,5-7H2,1-4H3;1-3H;2,5H,1,4H2,(H,6,7)/t13-;12-;10-;13-;11-;;;;2-/m10011...1/s1. The highest BCUT2D eigenvalue weighted by molar-refractivity contribution is 6.01. The van der Waals surface area contributed by atoms with Gasteiger partial charge in [-0.15, -0.1) is 0 Å². The molecule has 7 aromatic carbocycles. The van der Waals surface area contributed by atoms with E-state index in [0.29, 0.717) is 62.6 Å². The molecule has 133 heavy (non-hydrogen) atoms. The molecule has 3 amide bonds. The molecule has 39 heteroatoms. The predicted molar refractivity (Wildman–Crippen MR) is 481 cm³/mol. The number of amides is 3. The average Bonchev–Trinajstić information content (AvgIpc) is 1.67. The molecule has 710 valence electrons. The lowest BCUT2D eigenvalue weighted by Crippen LogP contribution is -2.55. The third-order valence-corrected chi connectivity index (χ3v) is 21.5. The molecule has 4 aliphatic rings. The van der Waals surface area contributed by atoms with E-state index in [1.807, 2.05) is 69.2 Å². The number of carbonyl (C=O) groups excluding carboxylic acids is 5. The number of ether oxygens (including phenoxy) is 4. The number of ketones is 2. The van der Waals surface area contributed by atoms with Gasteiger partial charge in [0.1, 0.15) is 55.6 Å². The Labute approximate surface area is 766 Å². The number of nitriles is 2. The van der Waals surface area contributed by atoms with Gasteiger partial charge in [-0.25, -0.2) is 57.1 Å². The van der Waals surface area contributed by atoms with E-state index < -0.39 is 126 Å². The van der Waals surface area contributed by atoms with Crippen molar-refractivity contribution in [2.45, 2.75) is 197 Å². The topological polar surface area (TPSA) is 419 Å². The lowest BCUT2D eigenvalue weighted by atomic mass is 9.83. The summed E-state index contributed by atoms with van der Waals surface area (Å²) in [5.41, 5.74) is 16.3. The Morgan fingerprint density at radius 2 is 0.910 bits per heavy atom. The second-order valence-corrected chi connectivity index (χ2v) is 31.5. The highest BCUT2D eigenvalue weighted by Crippen LogP contribution is 2.40. The molecular formula is C94H106F8N14O17. The summed E-state index contributed by atoms with van der Waals surface area (Å²) < 4.78 is 119. The number of alkyl halides is 6. The first-order valence-corrected chi connectivity index (χ1v) is 40.4. The number of Topliss-reactive ketones (excluding diaryl/α,β-unsaturated/α-hetero) is 2. The number of hydrogen-bond acceptors (Lipinski definition) is 21. The quantitative estimate of drug-likeness (QED) is 0.0244. The molecule has 11 N–H and O–H groups in total. The van der Waals surface area contributed by atoms with Crippen LogP contribution in [0.1, 0.15) is 144 Å². The number of nitrogens with two attached hydrogens (primary N) is 1. The van der Waals surface area contributed by atoms with Crippen molar-refractivity contribution in [3.05, 3.63) is 243 Å². The van der Waals surface area contributed by atoms with Crippen LogP contribution in [0, 0.1) is 143 Å². The van der Waals surface area contributed by atoms with E-state index in [4.69, 9.17) is 93.6 Å². The molecule has 6 atom stereocenters. The number of piperidine rings is 1. The van der Waals surface area contributed by atoms with Crippen molar-refractivity contribution in [2.75, 3.05) is 78.7 Å². The van der Waals surface area contributed by atoms with Crippen LogP contribution in [-0.2, 0) is 50.5 Å². The van der Waals surface area contributed by atoms with Gasteiger partial charge in [-0.2, -0.15) is 36.9 Å². The zero-order valence-corrected chi connectivity index (χ0v) is 76.4. The fourth-order valence-electron chi connectivity index (χ4n) is 13.3. The summed E-state index contributed by atoms with van der Waals surface area (Å²) in [6.45, 7) is 65.8. The van der Waals surface area contributed by atoms with Gasteiger partial charge in [0, 0.05) is 40.9 Å². The van der Waals surface area contributed by atoms with Gasteiger partial charge in [-0.05, 0) is 259 Å². The largest absolute Gasteiger partial charge is 0.480 e. The van der Waals surface area contributed by atoms with Gasteiger partial charge >= 0.3 is 42.6 Å². The van der Waals surface area contributed by atoms with Gasteiger partial charge in [0.05, 0.1) is 105 Å². The highest BCUT2D eigenvalue weighted by Gasteiger charge is 2.41. The monoisotopic (exact) mass is 1850 g/mol. The summed E-state index contributed by atoms with van der Waals surface area (Å²) >= 11 is 0. The summed E-state index contributed by atoms with van der Waals surface area (Å²) in [5.74, 6) is -4.49. The van der Waals surface area contributed by atoms with E-state index in [0.717, 1.165) is 98.2 Å². The third kappa shape index (κ3) is 31.0. The number of rotatable bonds is 16. The number of nitrogens with one attached hydrogen (secondary N) is 3. The van der Waals surface area contributed by atoms with Crippen LogP contribution in [0.3, 0.4) is 0 Å². The number of anilines is 5. The van der Waals surface area contributed by atoms with Crippen molar-refractivity contribution in [1.29, 1.82) is 10.5 Å². The number of nitrogens with zero attached hydrogens (tertiary/aromatic N) is 10. The van der Waals surface area contributed by atoms with Gasteiger partial charge in [0.2, 0.25) is 0 Å². The fourth-order valence-corrected chi connectivity index (χ4v) is 13.3. The maximum atomic E-state index is 12.8. The first-order valence-electron chi connectivity index (χ1n) is 40.4. The number of hydrogen-bond donors (Lipinski definition) is 10. The molecule has 0 aliphatic carbocycles. The fraction of sp³-hybridized carbons (Fsp3) is 0.404. The first-order chi connectivity index (χ1) is 62.1. The second kappa shape index (κ2) is 50.9. The molecule has 0 spiro atoms. The van der Waals surface area contributed by atoms with E-state index in [1.165, 1.54) is 67.1 Å². The Morgan fingerprint density at radius 1 is 0.526 bits per heavy atom. The van der Waals surface area contributed by atoms with Crippen molar-refractivity contribution in [1.82, 2.24) is 5.32 Å². The molecular weight excluding hydrogens is 1750 g/mol. The van der Waals surface area contributed by atoms with Crippen LogP contribution in [-0.4, -0.2) is 173 Å². The third-order valence-electron chi connectivity index (χ3n) is 21.5. The van der Waals surface area contributed by atoms with Gasteiger partial charge in [0.25, 0.3) is 0 Å². The Kier molecular flexibility index (Phi) is 43.2. The maximum Gasteiger partial charge on any atom is 0.418 e. The van der Waals surface area contributed by atoms with E-state index in [1.54, 1.807) is 60.7 Å². The number of carbonyl (C=O) groups is 7. The zero-order valence-electron chi connectivity index (χ0n) is 76.4. The summed E-state index contributed by atoms with van der Waals surface area (Å²) in [4.78, 5) is 99.8. The number of aliphatic hydroxyl groups is 4. The Morgan fingerprint density at radius 3 is 1.26 bits per heavy atom. The van der Waals surface area contributed by atoms with Crippen molar-refractivity contribution in [2.24, 2.45) is 5.73 Å². The Balaban J connectivity index is 0.000000389. The number of methoxy groups -OCH3 is 1. The SMILES string of the molecule is CC1(C)CCCC(C)(C)N1.Cc1c(F)ccc(C#N)c1C(F)(F)F.N#Cc1ccc(F)cc1C(F)(F)F.N[C@H](CO)C(=O)O.[C-]#[N+]c1ccc(N2C(=O)OC[C@@H]2C(C)=O)c(C)c1C.[C-]#[N+]c1ccc(N2C(=O)OC[C@@H]2CO)c(C)c1C.[C-]#[N+]c1ccc(N2C(=O)OC[C@@H]2OC)c(C)c1C.[C-]#[N+]c1ccc(N[C@H](CO)C(=O)O)c(C)c1C.[C-]#[N+]c1ccc(N[C@H](CO)C(C)=O)c(C)c1C. The van der Waals surface area contributed by atoms with Crippen molar-refractivity contribution < 1.29 is 118 Å². The molecule has 4 heterocycles. The normalized spacial score (nSPS) is 15.8. The van der Waals surface area contributed by atoms with E-state index in [-0.39, 0.29) is 50.6 Å². The molecule has 0 radical (unpaired) electrons. The zero-order chi connectivity index (χ0) is 101. The van der Waals surface area contributed by atoms with Crippen LogP contribution in [0.25, 0.3) is 24.2 Å². The van der Waals surface area contributed by atoms with Crippen LogP contribution >= 0.6 is 0 Å². The molecule has 0 aromatic heterocycles. The number of halogens is 8. The van der Waals surface area contributed by atoms with Crippen molar-refractivity contribution >= 4 is 98.7 Å². The molecule has 7 aromatic rings. The predicted octanol–water partition coefficient (Wildman–Crippen LogP) is 18.1. The van der Waals surface area contributed by atoms with Crippen molar-refractivity contribution in [3.63, 3.8) is 0 Å². The van der Waals surface area contributed by atoms with Gasteiger partial charge in [0.15, 0.2) is 46.2 Å². The second-order valence-electron chi connectivity index (χ2n) is 31.5. The highest BCUT2D eigenvalue weighted by atomic mass is 19.4. The molecule has 11 rings (SSSR count). The number of carboxylic acid groups (broad SMARTS) is 2. The number of cyclic esters (lactones) is 3. The minimum Gasteiger partial charge on any atom is -0.480 e. The number of carboxylic acids is 2. The molecule has 31 nitrogen and oxygen atoms in total.